The average Bonchev–Trinajstić information content (AvgIpc) is 2.55. The zero-order valence-corrected chi connectivity index (χ0v) is 13.3. The van der Waals surface area contributed by atoms with E-state index in [4.69, 9.17) is 4.74 Å². The molecule has 1 aliphatic carbocycles. The molecule has 0 spiro atoms. The maximum absolute atomic E-state index is 6.27. The van der Waals surface area contributed by atoms with E-state index in [1.54, 1.807) is 0 Å². The van der Waals surface area contributed by atoms with E-state index in [0.717, 1.165) is 19.1 Å². The van der Waals surface area contributed by atoms with E-state index in [2.05, 4.69) is 42.6 Å². The van der Waals surface area contributed by atoms with Crippen molar-refractivity contribution in [3.8, 4) is 0 Å². The number of nitrogens with one attached hydrogen (secondary N) is 1. The van der Waals surface area contributed by atoms with Crippen LogP contribution in [0.1, 0.15) is 56.9 Å². The first kappa shape index (κ1) is 15.1. The minimum absolute atomic E-state index is 0.356. The topological polar surface area (TPSA) is 21.3 Å². The van der Waals surface area contributed by atoms with E-state index >= 15 is 0 Å². The van der Waals surface area contributed by atoms with E-state index in [1.807, 2.05) is 0 Å². The molecule has 2 aliphatic rings. The summed E-state index contributed by atoms with van der Waals surface area (Å²) < 4.78 is 6.27. The minimum Gasteiger partial charge on any atom is -0.378 e. The van der Waals surface area contributed by atoms with E-state index in [0.29, 0.717) is 11.5 Å². The maximum atomic E-state index is 6.27. The third-order valence-electron chi connectivity index (χ3n) is 5.30. The highest BCUT2D eigenvalue weighted by atomic mass is 16.5. The van der Waals surface area contributed by atoms with Crippen molar-refractivity contribution in [2.45, 2.75) is 57.5 Å². The number of piperidine rings is 1. The van der Waals surface area contributed by atoms with Crippen molar-refractivity contribution in [1.29, 1.82) is 0 Å². The fraction of sp³-hybridized carbons (Fsp3) is 0.684. The molecule has 1 heterocycles. The molecule has 1 N–H and O–H groups in total. The van der Waals surface area contributed by atoms with Gasteiger partial charge < -0.3 is 10.1 Å². The molecule has 0 aromatic heterocycles. The van der Waals surface area contributed by atoms with Crippen LogP contribution in [0.3, 0.4) is 0 Å². The molecule has 2 nitrogen and oxygen atoms in total. The largest absolute Gasteiger partial charge is 0.378 e. The Kier molecular flexibility index (Phi) is 4.97. The molecule has 116 valence electrons. The minimum atomic E-state index is 0.356. The summed E-state index contributed by atoms with van der Waals surface area (Å²) in [6.07, 6.45) is 8.10. The third-order valence-corrected chi connectivity index (χ3v) is 5.30. The van der Waals surface area contributed by atoms with Crippen LogP contribution in [0.15, 0.2) is 30.3 Å². The summed E-state index contributed by atoms with van der Waals surface area (Å²) in [6.45, 7) is 5.60. The van der Waals surface area contributed by atoms with Gasteiger partial charge in [-0.25, -0.2) is 0 Å². The summed E-state index contributed by atoms with van der Waals surface area (Å²) in [6, 6.07) is 11.0. The van der Waals surface area contributed by atoms with E-state index in [-0.39, 0.29) is 0 Å². The lowest BCUT2D eigenvalue weighted by atomic mass is 9.82. The van der Waals surface area contributed by atoms with Crippen molar-refractivity contribution in [1.82, 2.24) is 5.32 Å². The molecule has 3 rings (SSSR count). The molecule has 2 fully saturated rings. The van der Waals surface area contributed by atoms with Crippen molar-refractivity contribution in [2.24, 2.45) is 5.41 Å². The van der Waals surface area contributed by atoms with Gasteiger partial charge in [0, 0.05) is 12.0 Å². The van der Waals surface area contributed by atoms with Crippen LogP contribution in [-0.4, -0.2) is 25.8 Å². The Balaban J connectivity index is 1.43. The number of hydrogen-bond donors (Lipinski definition) is 1. The number of rotatable bonds is 4. The second kappa shape index (κ2) is 6.93. The van der Waals surface area contributed by atoms with Gasteiger partial charge in [-0.1, -0.05) is 37.3 Å². The van der Waals surface area contributed by atoms with Crippen molar-refractivity contribution < 1.29 is 4.74 Å². The molecule has 1 aromatic carbocycles. The Morgan fingerprint density at radius 1 is 1.14 bits per heavy atom. The Morgan fingerprint density at radius 3 is 2.57 bits per heavy atom. The highest BCUT2D eigenvalue weighted by molar-refractivity contribution is 5.19. The molecule has 21 heavy (non-hydrogen) atoms. The second-order valence-electron chi connectivity index (χ2n) is 7.29. The Morgan fingerprint density at radius 2 is 1.90 bits per heavy atom. The summed E-state index contributed by atoms with van der Waals surface area (Å²) >= 11 is 0. The van der Waals surface area contributed by atoms with Crippen LogP contribution in [0.25, 0.3) is 0 Å². The van der Waals surface area contributed by atoms with Gasteiger partial charge in [0.2, 0.25) is 0 Å². The van der Waals surface area contributed by atoms with Gasteiger partial charge >= 0.3 is 0 Å². The fourth-order valence-electron chi connectivity index (χ4n) is 3.85. The predicted molar refractivity (Wildman–Crippen MR) is 87.6 cm³/mol. The van der Waals surface area contributed by atoms with Gasteiger partial charge in [0.15, 0.2) is 0 Å². The van der Waals surface area contributed by atoms with E-state index < -0.39 is 0 Å². The lowest BCUT2D eigenvalue weighted by Crippen LogP contribution is -2.42. The molecule has 0 radical (unpaired) electrons. The summed E-state index contributed by atoms with van der Waals surface area (Å²) in [5, 5.41) is 3.51. The Bertz CT molecular complexity index is 416. The summed E-state index contributed by atoms with van der Waals surface area (Å²) in [7, 11) is 0. The van der Waals surface area contributed by atoms with Crippen molar-refractivity contribution in [3.63, 3.8) is 0 Å². The van der Waals surface area contributed by atoms with Crippen LogP contribution in [0.5, 0.6) is 0 Å². The molecule has 1 saturated carbocycles. The normalized spacial score (nSPS) is 33.8. The van der Waals surface area contributed by atoms with Crippen LogP contribution < -0.4 is 5.32 Å². The highest BCUT2D eigenvalue weighted by Gasteiger charge is 2.29. The molecule has 2 heteroatoms. The van der Waals surface area contributed by atoms with Gasteiger partial charge in [-0.3, -0.25) is 0 Å². The van der Waals surface area contributed by atoms with Gasteiger partial charge in [0.05, 0.1) is 12.7 Å². The molecule has 0 unspecified atom stereocenters. The van der Waals surface area contributed by atoms with Crippen LogP contribution in [-0.2, 0) is 4.74 Å². The van der Waals surface area contributed by atoms with Gasteiger partial charge in [-0.05, 0) is 56.6 Å². The molecule has 1 aromatic rings. The number of benzene rings is 1. The number of hydrogen-bond acceptors (Lipinski definition) is 2. The second-order valence-corrected chi connectivity index (χ2v) is 7.29. The van der Waals surface area contributed by atoms with Crippen LogP contribution in [0.4, 0.5) is 0 Å². The van der Waals surface area contributed by atoms with Crippen LogP contribution >= 0.6 is 0 Å². The Labute approximate surface area is 129 Å². The first-order chi connectivity index (χ1) is 10.3. The summed E-state index contributed by atoms with van der Waals surface area (Å²) in [4.78, 5) is 0. The zero-order valence-electron chi connectivity index (χ0n) is 13.3. The summed E-state index contributed by atoms with van der Waals surface area (Å²) in [5.41, 5.74) is 1.87. The van der Waals surface area contributed by atoms with Crippen molar-refractivity contribution in [3.05, 3.63) is 35.9 Å². The van der Waals surface area contributed by atoms with Gasteiger partial charge in [0.1, 0.15) is 0 Å². The van der Waals surface area contributed by atoms with Crippen molar-refractivity contribution >= 4 is 0 Å². The lowest BCUT2D eigenvalue weighted by Gasteiger charge is -2.36. The first-order valence-corrected chi connectivity index (χ1v) is 8.62. The van der Waals surface area contributed by atoms with Crippen LogP contribution in [0, 0.1) is 5.41 Å². The number of ether oxygens (including phenoxy) is 1. The standard InChI is InChI=1S/C19H29NO/c1-19(12-5-13-20-14-19)15-21-18-10-8-17(9-11-18)16-6-3-2-4-7-16/h2-4,6-7,17-18,20H,5,8-15H2,1H3/t17-,18+,19-/m0/s1. The predicted octanol–water partition coefficient (Wildman–Crippen LogP) is 4.12. The SMILES string of the molecule is C[C@]1(CO[C@H]2CC[C@@H](c3ccccc3)CC2)CCCNC1. The third kappa shape index (κ3) is 4.08. The zero-order chi connectivity index (χ0) is 14.5. The van der Waals surface area contributed by atoms with Crippen molar-refractivity contribution in [2.75, 3.05) is 19.7 Å². The molecule has 0 bridgehead atoms. The smallest absolute Gasteiger partial charge is 0.0575 e. The van der Waals surface area contributed by atoms with Gasteiger partial charge in [-0.15, -0.1) is 0 Å². The molecule has 1 saturated heterocycles. The quantitative estimate of drug-likeness (QED) is 0.899. The molecular weight excluding hydrogens is 258 g/mol. The maximum Gasteiger partial charge on any atom is 0.0575 e. The molecule has 1 atom stereocenters. The average molecular weight is 287 g/mol. The lowest BCUT2D eigenvalue weighted by molar-refractivity contribution is -0.0293. The Hall–Kier alpha value is -0.860. The van der Waals surface area contributed by atoms with E-state index in [9.17, 15) is 0 Å². The van der Waals surface area contributed by atoms with Crippen LogP contribution in [0.2, 0.25) is 0 Å². The fourth-order valence-corrected chi connectivity index (χ4v) is 3.85. The van der Waals surface area contributed by atoms with Gasteiger partial charge in [0.25, 0.3) is 0 Å². The van der Waals surface area contributed by atoms with Gasteiger partial charge in [-0.2, -0.15) is 0 Å². The molecule has 0 amide bonds. The monoisotopic (exact) mass is 287 g/mol. The highest BCUT2D eigenvalue weighted by Crippen LogP contribution is 2.35. The summed E-state index contributed by atoms with van der Waals surface area (Å²) in [5.74, 6) is 0.748. The molecular formula is C19H29NO. The van der Waals surface area contributed by atoms with E-state index in [1.165, 1.54) is 50.6 Å². The first-order valence-electron chi connectivity index (χ1n) is 8.62. The molecule has 1 aliphatic heterocycles.